The first-order valence-corrected chi connectivity index (χ1v) is 6.42. The average Bonchev–Trinajstić information content (AvgIpc) is 2.42. The van der Waals surface area contributed by atoms with Gasteiger partial charge in [-0.1, -0.05) is 6.07 Å². The van der Waals surface area contributed by atoms with Crippen LogP contribution >= 0.6 is 15.9 Å². The summed E-state index contributed by atoms with van der Waals surface area (Å²) >= 11 is 3.32. The van der Waals surface area contributed by atoms with Crippen molar-refractivity contribution in [1.29, 1.82) is 0 Å². The molecule has 0 amide bonds. The minimum atomic E-state index is 0.277. The van der Waals surface area contributed by atoms with Gasteiger partial charge in [-0.3, -0.25) is 5.43 Å². The topological polar surface area (TPSA) is 82.3 Å². The van der Waals surface area contributed by atoms with Gasteiger partial charge in [0, 0.05) is 6.07 Å². The van der Waals surface area contributed by atoms with Crippen molar-refractivity contribution >= 4 is 21.9 Å². The highest BCUT2D eigenvalue weighted by Crippen LogP contribution is 2.29. The lowest BCUT2D eigenvalue weighted by atomic mass is 10.3. The third-order valence-corrected chi connectivity index (χ3v) is 2.72. The summed E-state index contributed by atoms with van der Waals surface area (Å²) in [5, 5.41) is 0. The van der Waals surface area contributed by atoms with Crippen molar-refractivity contribution in [1.82, 2.24) is 9.97 Å². The SMILES string of the molecule is CCOc1cccc(Oc2nc(NN)ncc2Br)c1. The van der Waals surface area contributed by atoms with Gasteiger partial charge in [-0.2, -0.15) is 4.98 Å². The molecular weight excluding hydrogens is 312 g/mol. The van der Waals surface area contributed by atoms with Gasteiger partial charge in [0.25, 0.3) is 0 Å². The molecule has 0 unspecified atom stereocenters. The lowest BCUT2D eigenvalue weighted by Gasteiger charge is -2.09. The smallest absolute Gasteiger partial charge is 0.240 e. The lowest BCUT2D eigenvalue weighted by Crippen LogP contribution is -2.10. The second-order valence-corrected chi connectivity index (χ2v) is 4.36. The second kappa shape index (κ2) is 6.35. The fourth-order valence-electron chi connectivity index (χ4n) is 1.40. The molecule has 1 aromatic heterocycles. The van der Waals surface area contributed by atoms with Crippen molar-refractivity contribution in [2.75, 3.05) is 12.0 Å². The van der Waals surface area contributed by atoms with E-state index in [0.717, 1.165) is 5.75 Å². The zero-order chi connectivity index (χ0) is 13.7. The summed E-state index contributed by atoms with van der Waals surface area (Å²) in [5.41, 5.74) is 2.36. The first-order valence-electron chi connectivity index (χ1n) is 5.62. The molecule has 0 radical (unpaired) electrons. The number of ether oxygens (including phenoxy) is 2. The molecule has 1 aromatic carbocycles. The summed E-state index contributed by atoms with van der Waals surface area (Å²) in [6, 6.07) is 7.30. The van der Waals surface area contributed by atoms with Crippen molar-refractivity contribution in [3.63, 3.8) is 0 Å². The molecule has 6 nitrogen and oxygen atoms in total. The van der Waals surface area contributed by atoms with Crippen LogP contribution in [0.1, 0.15) is 6.92 Å². The van der Waals surface area contributed by atoms with Crippen molar-refractivity contribution < 1.29 is 9.47 Å². The third kappa shape index (κ3) is 3.55. The average molecular weight is 325 g/mol. The summed E-state index contributed by atoms with van der Waals surface area (Å²) in [7, 11) is 0. The fraction of sp³-hybridized carbons (Fsp3) is 0.167. The summed E-state index contributed by atoms with van der Waals surface area (Å²) < 4.78 is 11.7. The molecule has 3 N–H and O–H groups in total. The molecule has 1 heterocycles. The maximum absolute atomic E-state index is 5.67. The molecule has 0 aliphatic rings. The minimum absolute atomic E-state index is 0.277. The normalized spacial score (nSPS) is 10.1. The first kappa shape index (κ1) is 13.6. The van der Waals surface area contributed by atoms with E-state index in [1.807, 2.05) is 25.1 Å². The predicted octanol–water partition coefficient (Wildman–Crippen LogP) is 2.72. The van der Waals surface area contributed by atoms with Crippen LogP contribution in [0.3, 0.4) is 0 Å². The quantitative estimate of drug-likeness (QED) is 0.650. The number of benzene rings is 1. The number of nitrogens with two attached hydrogens (primary N) is 1. The number of nitrogens with one attached hydrogen (secondary N) is 1. The van der Waals surface area contributed by atoms with Crippen LogP contribution in [0.4, 0.5) is 5.95 Å². The molecule has 0 saturated carbocycles. The number of aromatic nitrogens is 2. The van der Waals surface area contributed by atoms with Crippen LogP contribution in [0.25, 0.3) is 0 Å². The molecule has 0 atom stereocenters. The zero-order valence-electron chi connectivity index (χ0n) is 10.3. The van der Waals surface area contributed by atoms with Gasteiger partial charge in [0.15, 0.2) is 0 Å². The molecule has 2 aromatic rings. The molecule has 19 heavy (non-hydrogen) atoms. The Labute approximate surface area is 119 Å². The summed E-state index contributed by atoms with van der Waals surface area (Å²) in [6.45, 7) is 2.52. The van der Waals surface area contributed by atoms with Crippen LogP contribution in [-0.4, -0.2) is 16.6 Å². The molecule has 0 saturated heterocycles. The van der Waals surface area contributed by atoms with Gasteiger partial charge in [-0.15, -0.1) is 0 Å². The van der Waals surface area contributed by atoms with Crippen molar-refractivity contribution in [3.8, 4) is 17.4 Å². The molecule has 0 aliphatic heterocycles. The van der Waals surface area contributed by atoms with E-state index in [1.165, 1.54) is 0 Å². The van der Waals surface area contributed by atoms with Gasteiger partial charge in [-0.25, -0.2) is 10.8 Å². The number of halogens is 1. The van der Waals surface area contributed by atoms with Crippen LogP contribution in [0.15, 0.2) is 34.9 Å². The fourth-order valence-corrected chi connectivity index (χ4v) is 1.67. The van der Waals surface area contributed by atoms with Crippen LogP contribution in [0.2, 0.25) is 0 Å². The van der Waals surface area contributed by atoms with Crippen LogP contribution in [0, 0.1) is 0 Å². The van der Waals surface area contributed by atoms with E-state index in [1.54, 1.807) is 12.3 Å². The van der Waals surface area contributed by atoms with Crippen LogP contribution in [-0.2, 0) is 0 Å². The highest BCUT2D eigenvalue weighted by atomic mass is 79.9. The van der Waals surface area contributed by atoms with E-state index in [2.05, 4.69) is 31.3 Å². The van der Waals surface area contributed by atoms with Gasteiger partial charge in [0.1, 0.15) is 11.5 Å². The van der Waals surface area contributed by atoms with Crippen molar-refractivity contribution in [2.24, 2.45) is 5.84 Å². The summed E-state index contributed by atoms with van der Waals surface area (Å²) in [6.07, 6.45) is 1.56. The van der Waals surface area contributed by atoms with Gasteiger partial charge in [0.05, 0.1) is 17.3 Å². The Bertz CT molecular complexity index is 565. The van der Waals surface area contributed by atoms with Crippen molar-refractivity contribution in [3.05, 3.63) is 34.9 Å². The van der Waals surface area contributed by atoms with Crippen LogP contribution in [0.5, 0.6) is 17.4 Å². The molecule has 7 heteroatoms. The largest absolute Gasteiger partial charge is 0.494 e. The number of hydrogen-bond acceptors (Lipinski definition) is 6. The number of hydrogen-bond donors (Lipinski definition) is 2. The van der Waals surface area contributed by atoms with E-state index in [4.69, 9.17) is 15.3 Å². The lowest BCUT2D eigenvalue weighted by molar-refractivity contribution is 0.338. The molecule has 0 bridgehead atoms. The number of rotatable bonds is 5. The molecular formula is C12H13BrN4O2. The van der Waals surface area contributed by atoms with Crippen LogP contribution < -0.4 is 20.7 Å². The molecule has 0 aliphatic carbocycles. The third-order valence-electron chi connectivity index (χ3n) is 2.17. The Kier molecular flexibility index (Phi) is 4.53. The summed E-state index contributed by atoms with van der Waals surface area (Å²) in [4.78, 5) is 8.05. The molecule has 2 rings (SSSR count). The Morgan fingerprint density at radius 2 is 2.16 bits per heavy atom. The maximum atomic E-state index is 5.67. The number of nitrogen functional groups attached to an aromatic ring is 1. The standard InChI is InChI=1S/C12H13BrN4O2/c1-2-18-8-4-3-5-9(6-8)19-11-10(13)7-15-12(16-11)17-14/h3-7H,2,14H2,1H3,(H,15,16,17). The Morgan fingerprint density at radius 3 is 2.89 bits per heavy atom. The second-order valence-electron chi connectivity index (χ2n) is 3.50. The minimum Gasteiger partial charge on any atom is -0.494 e. The number of anilines is 1. The molecule has 0 fully saturated rings. The highest BCUT2D eigenvalue weighted by Gasteiger charge is 2.07. The van der Waals surface area contributed by atoms with E-state index < -0.39 is 0 Å². The van der Waals surface area contributed by atoms with E-state index in [-0.39, 0.29) is 5.95 Å². The van der Waals surface area contributed by atoms with Gasteiger partial charge in [-0.05, 0) is 35.0 Å². The Morgan fingerprint density at radius 1 is 1.37 bits per heavy atom. The molecule has 100 valence electrons. The zero-order valence-corrected chi connectivity index (χ0v) is 11.8. The van der Waals surface area contributed by atoms with E-state index in [9.17, 15) is 0 Å². The Hall–Kier alpha value is -1.86. The predicted molar refractivity (Wildman–Crippen MR) is 75.2 cm³/mol. The van der Waals surface area contributed by atoms with Gasteiger partial charge in [0.2, 0.25) is 11.8 Å². The number of hydrazine groups is 1. The summed E-state index contributed by atoms with van der Waals surface area (Å²) in [5.74, 6) is 7.27. The van der Waals surface area contributed by atoms with Gasteiger partial charge < -0.3 is 9.47 Å². The highest BCUT2D eigenvalue weighted by molar-refractivity contribution is 9.10. The monoisotopic (exact) mass is 324 g/mol. The first-order chi connectivity index (χ1) is 9.22. The maximum Gasteiger partial charge on any atom is 0.240 e. The van der Waals surface area contributed by atoms with Gasteiger partial charge >= 0.3 is 0 Å². The number of nitrogens with zero attached hydrogens (tertiary/aromatic N) is 2. The molecule has 0 spiro atoms. The van der Waals surface area contributed by atoms with E-state index >= 15 is 0 Å². The Balaban J connectivity index is 2.22. The van der Waals surface area contributed by atoms with Crippen molar-refractivity contribution in [2.45, 2.75) is 6.92 Å². The van der Waals surface area contributed by atoms with E-state index in [0.29, 0.717) is 22.7 Å².